The Balaban J connectivity index is 3.07. The Labute approximate surface area is 59.7 Å². The number of phenols is 1. The van der Waals surface area contributed by atoms with E-state index in [0.717, 1.165) is 5.56 Å². The summed E-state index contributed by atoms with van der Waals surface area (Å²) in [4.78, 5) is 0. The molecular weight excluding hydrogens is 128 g/mol. The Morgan fingerprint density at radius 2 is 2.10 bits per heavy atom. The summed E-state index contributed by atoms with van der Waals surface area (Å²) >= 11 is 0. The third kappa shape index (κ3) is 1.28. The zero-order valence-corrected chi connectivity index (χ0v) is 5.83. The average Bonchev–Trinajstić information content (AvgIpc) is 1.88. The van der Waals surface area contributed by atoms with Gasteiger partial charge in [-0.25, -0.2) is 0 Å². The number of aliphatic hydroxyl groups excluding tert-OH is 1. The fourth-order valence-corrected chi connectivity index (χ4v) is 0.808. The van der Waals surface area contributed by atoms with E-state index < -0.39 is 0 Å². The molecule has 1 aromatic rings. The van der Waals surface area contributed by atoms with Crippen molar-refractivity contribution >= 4 is 0 Å². The zero-order valence-electron chi connectivity index (χ0n) is 5.83. The Morgan fingerprint density at radius 3 is 2.60 bits per heavy atom. The summed E-state index contributed by atoms with van der Waals surface area (Å²) in [5.74, 6) is 0.169. The lowest BCUT2D eigenvalue weighted by molar-refractivity contribution is 0.275. The van der Waals surface area contributed by atoms with Crippen LogP contribution in [-0.2, 0) is 6.61 Å². The van der Waals surface area contributed by atoms with Gasteiger partial charge in [0.1, 0.15) is 5.75 Å². The molecule has 1 rings (SSSR count). The van der Waals surface area contributed by atoms with Gasteiger partial charge in [-0.15, -0.1) is 0 Å². The normalized spacial score (nSPS) is 9.80. The third-order valence-corrected chi connectivity index (χ3v) is 1.41. The maximum Gasteiger partial charge on any atom is 0.121 e. The van der Waals surface area contributed by atoms with Crippen molar-refractivity contribution in [2.45, 2.75) is 13.5 Å². The van der Waals surface area contributed by atoms with Crippen LogP contribution in [0.4, 0.5) is 0 Å². The molecule has 0 saturated heterocycles. The summed E-state index contributed by atoms with van der Waals surface area (Å²) in [7, 11) is 0. The quantitative estimate of drug-likeness (QED) is 0.612. The first-order valence-corrected chi connectivity index (χ1v) is 3.13. The smallest absolute Gasteiger partial charge is 0.121 e. The van der Waals surface area contributed by atoms with Gasteiger partial charge in [0.2, 0.25) is 0 Å². The van der Waals surface area contributed by atoms with E-state index in [2.05, 4.69) is 0 Å². The predicted molar refractivity (Wildman–Crippen MR) is 38.8 cm³/mol. The van der Waals surface area contributed by atoms with Crippen molar-refractivity contribution in [2.24, 2.45) is 0 Å². The minimum atomic E-state index is -0.105. The summed E-state index contributed by atoms with van der Waals surface area (Å²) in [6.45, 7) is 1.78. The summed E-state index contributed by atoms with van der Waals surface area (Å²) in [5, 5.41) is 17.8. The predicted octanol–water partition coefficient (Wildman–Crippen LogP) is 1.19. The highest BCUT2D eigenvalue weighted by Gasteiger charge is 1.97. The Hall–Kier alpha value is -1.02. The molecule has 54 valence electrons. The SMILES string of the molecule is Cc1ccc(CO)c(O)c1. The van der Waals surface area contributed by atoms with Crippen molar-refractivity contribution in [3.63, 3.8) is 0 Å². The van der Waals surface area contributed by atoms with Crippen LogP contribution in [0.2, 0.25) is 0 Å². The van der Waals surface area contributed by atoms with Crippen LogP contribution in [0, 0.1) is 6.92 Å². The van der Waals surface area contributed by atoms with Gasteiger partial charge in [-0.05, 0) is 18.6 Å². The Kier molecular flexibility index (Phi) is 1.92. The van der Waals surface area contributed by atoms with Gasteiger partial charge in [-0.1, -0.05) is 12.1 Å². The van der Waals surface area contributed by atoms with Gasteiger partial charge < -0.3 is 10.2 Å². The molecule has 0 amide bonds. The molecule has 0 aromatic heterocycles. The number of aromatic hydroxyl groups is 1. The molecule has 0 spiro atoms. The molecular formula is C8H10O2. The van der Waals surface area contributed by atoms with Crippen molar-refractivity contribution in [3.05, 3.63) is 29.3 Å². The molecule has 0 bridgehead atoms. The molecule has 2 N–H and O–H groups in total. The highest BCUT2D eigenvalue weighted by atomic mass is 16.3. The standard InChI is InChI=1S/C8H10O2/c1-6-2-3-7(5-9)8(10)4-6/h2-4,9-10H,5H2,1H3. The number of benzene rings is 1. The lowest BCUT2D eigenvalue weighted by Crippen LogP contribution is -1.83. The third-order valence-electron chi connectivity index (χ3n) is 1.41. The second-order valence-electron chi connectivity index (χ2n) is 2.29. The molecule has 0 saturated carbocycles. The van der Waals surface area contributed by atoms with E-state index in [-0.39, 0.29) is 12.4 Å². The molecule has 0 unspecified atom stereocenters. The fourth-order valence-electron chi connectivity index (χ4n) is 0.808. The van der Waals surface area contributed by atoms with Gasteiger partial charge >= 0.3 is 0 Å². The minimum absolute atomic E-state index is 0.105. The second-order valence-corrected chi connectivity index (χ2v) is 2.29. The maximum atomic E-state index is 9.13. The summed E-state index contributed by atoms with van der Waals surface area (Å²) in [6.07, 6.45) is 0. The lowest BCUT2D eigenvalue weighted by Gasteiger charge is -2.00. The fraction of sp³-hybridized carbons (Fsp3) is 0.250. The van der Waals surface area contributed by atoms with E-state index in [1.54, 1.807) is 12.1 Å². The van der Waals surface area contributed by atoms with Crippen molar-refractivity contribution in [2.75, 3.05) is 0 Å². The Bertz CT molecular complexity index is 231. The number of hydrogen-bond acceptors (Lipinski definition) is 2. The number of aliphatic hydroxyl groups is 1. The monoisotopic (exact) mass is 138 g/mol. The number of hydrogen-bond donors (Lipinski definition) is 2. The van der Waals surface area contributed by atoms with Crippen LogP contribution in [0.3, 0.4) is 0 Å². The van der Waals surface area contributed by atoms with Crippen LogP contribution in [-0.4, -0.2) is 10.2 Å². The molecule has 1 aromatic carbocycles. The number of rotatable bonds is 1. The van der Waals surface area contributed by atoms with Crippen LogP contribution >= 0.6 is 0 Å². The molecule has 0 heterocycles. The lowest BCUT2D eigenvalue weighted by atomic mass is 10.1. The van der Waals surface area contributed by atoms with E-state index in [0.29, 0.717) is 5.56 Å². The van der Waals surface area contributed by atoms with E-state index in [9.17, 15) is 0 Å². The Morgan fingerprint density at radius 1 is 1.40 bits per heavy atom. The molecule has 0 fully saturated rings. The van der Waals surface area contributed by atoms with Crippen molar-refractivity contribution in [3.8, 4) is 5.75 Å². The van der Waals surface area contributed by atoms with Gasteiger partial charge in [-0.2, -0.15) is 0 Å². The van der Waals surface area contributed by atoms with E-state index in [1.165, 1.54) is 0 Å². The summed E-state index contributed by atoms with van der Waals surface area (Å²) in [6, 6.07) is 5.20. The van der Waals surface area contributed by atoms with Gasteiger partial charge in [0.25, 0.3) is 0 Å². The highest BCUT2D eigenvalue weighted by molar-refractivity contribution is 5.35. The molecule has 0 aliphatic heterocycles. The van der Waals surface area contributed by atoms with Crippen molar-refractivity contribution in [1.29, 1.82) is 0 Å². The van der Waals surface area contributed by atoms with Crippen molar-refractivity contribution < 1.29 is 10.2 Å². The minimum Gasteiger partial charge on any atom is -0.508 e. The second kappa shape index (κ2) is 2.71. The molecule has 2 nitrogen and oxygen atoms in total. The maximum absolute atomic E-state index is 9.13. The molecule has 0 aliphatic rings. The van der Waals surface area contributed by atoms with Crippen molar-refractivity contribution in [1.82, 2.24) is 0 Å². The highest BCUT2D eigenvalue weighted by Crippen LogP contribution is 2.17. The van der Waals surface area contributed by atoms with Crippen LogP contribution in [0.1, 0.15) is 11.1 Å². The van der Waals surface area contributed by atoms with Gasteiger partial charge in [0.05, 0.1) is 6.61 Å². The van der Waals surface area contributed by atoms with E-state index in [1.807, 2.05) is 13.0 Å². The van der Waals surface area contributed by atoms with Gasteiger partial charge in [-0.3, -0.25) is 0 Å². The average molecular weight is 138 g/mol. The van der Waals surface area contributed by atoms with E-state index >= 15 is 0 Å². The topological polar surface area (TPSA) is 40.5 Å². The number of aryl methyl sites for hydroxylation is 1. The molecule has 2 heteroatoms. The van der Waals surface area contributed by atoms with Gasteiger partial charge in [0, 0.05) is 5.56 Å². The zero-order chi connectivity index (χ0) is 7.56. The van der Waals surface area contributed by atoms with E-state index in [4.69, 9.17) is 10.2 Å². The summed E-state index contributed by atoms with van der Waals surface area (Å²) < 4.78 is 0. The first-order valence-electron chi connectivity index (χ1n) is 3.13. The largest absolute Gasteiger partial charge is 0.508 e. The molecule has 0 aliphatic carbocycles. The van der Waals surface area contributed by atoms with Crippen LogP contribution in [0.5, 0.6) is 5.75 Å². The van der Waals surface area contributed by atoms with Crippen LogP contribution < -0.4 is 0 Å². The van der Waals surface area contributed by atoms with Crippen LogP contribution in [0.15, 0.2) is 18.2 Å². The first-order chi connectivity index (χ1) is 4.74. The van der Waals surface area contributed by atoms with Gasteiger partial charge in [0.15, 0.2) is 0 Å². The molecule has 10 heavy (non-hydrogen) atoms. The summed E-state index contributed by atoms with van der Waals surface area (Å²) in [5.41, 5.74) is 1.57. The van der Waals surface area contributed by atoms with Crippen LogP contribution in [0.25, 0.3) is 0 Å². The molecule has 0 radical (unpaired) electrons. The molecule has 0 atom stereocenters. The first kappa shape index (κ1) is 7.09.